The number of carbonyl (C=O) groups excluding carboxylic acids is 1. The van der Waals surface area contributed by atoms with Crippen molar-refractivity contribution in [2.45, 2.75) is 25.3 Å². The maximum Gasteiger partial charge on any atom is 0.319 e. The minimum Gasteiger partial charge on any atom is -0.453 e. The van der Waals surface area contributed by atoms with E-state index in [1.165, 1.54) is 23.5 Å². The Hall–Kier alpha value is -3.41. The third kappa shape index (κ3) is 6.81. The summed E-state index contributed by atoms with van der Waals surface area (Å²) in [5.41, 5.74) is 7.82. The van der Waals surface area contributed by atoms with Crippen LogP contribution in [0.2, 0.25) is 0 Å². The number of nitrogens with one attached hydrogen (secondary N) is 2. The molecule has 1 aliphatic rings. The number of hydrazine groups is 1. The van der Waals surface area contributed by atoms with Gasteiger partial charge in [0.05, 0.1) is 20.8 Å². The number of thiophene rings is 1. The molecule has 0 aliphatic heterocycles. The van der Waals surface area contributed by atoms with Gasteiger partial charge in [0, 0.05) is 42.8 Å². The van der Waals surface area contributed by atoms with E-state index >= 15 is 0 Å². The largest absolute Gasteiger partial charge is 0.453 e. The first-order chi connectivity index (χ1) is 16.8. The Balaban J connectivity index is 1.46. The minimum atomic E-state index is -0.591. The SMILES string of the molecule is CN(C)CCCN(N)/C=C(\N)c1cc2nccc(Oc3ccc(NC(=O)NC4CC4)cc3F)c2s1. The van der Waals surface area contributed by atoms with Gasteiger partial charge in [-0.05, 0) is 58.1 Å². The summed E-state index contributed by atoms with van der Waals surface area (Å²) in [5, 5.41) is 7.00. The molecular formula is C24H30FN7O2S. The van der Waals surface area contributed by atoms with E-state index in [-0.39, 0.29) is 17.8 Å². The molecule has 3 aromatic rings. The number of hydrogen-bond acceptors (Lipinski definition) is 8. The summed E-state index contributed by atoms with van der Waals surface area (Å²) < 4.78 is 21.3. The van der Waals surface area contributed by atoms with E-state index in [2.05, 4.69) is 20.5 Å². The van der Waals surface area contributed by atoms with Gasteiger partial charge in [-0.2, -0.15) is 0 Å². The van der Waals surface area contributed by atoms with Gasteiger partial charge in [0.25, 0.3) is 0 Å². The highest BCUT2D eigenvalue weighted by Crippen LogP contribution is 2.37. The third-order valence-corrected chi connectivity index (χ3v) is 6.50. The molecule has 1 aliphatic carbocycles. The zero-order chi connectivity index (χ0) is 24.9. The fourth-order valence-electron chi connectivity index (χ4n) is 3.37. The fraction of sp³-hybridized carbons (Fsp3) is 0.333. The predicted octanol–water partition coefficient (Wildman–Crippen LogP) is 3.90. The number of amides is 2. The van der Waals surface area contributed by atoms with Gasteiger partial charge in [0.15, 0.2) is 11.6 Å². The van der Waals surface area contributed by atoms with Crippen LogP contribution in [0.15, 0.2) is 42.7 Å². The predicted molar refractivity (Wildman–Crippen MR) is 137 cm³/mol. The Morgan fingerprint density at radius 3 is 2.77 bits per heavy atom. The monoisotopic (exact) mass is 499 g/mol. The first-order valence-electron chi connectivity index (χ1n) is 11.4. The topological polar surface area (TPSA) is 122 Å². The molecular weight excluding hydrogens is 469 g/mol. The van der Waals surface area contributed by atoms with Crippen LogP contribution in [0, 0.1) is 5.82 Å². The summed E-state index contributed by atoms with van der Waals surface area (Å²) in [7, 11) is 4.03. The van der Waals surface area contributed by atoms with Gasteiger partial charge in [-0.15, -0.1) is 11.3 Å². The molecule has 186 valence electrons. The lowest BCUT2D eigenvalue weighted by Gasteiger charge is -2.16. The lowest BCUT2D eigenvalue weighted by molar-refractivity contribution is 0.251. The first-order valence-corrected chi connectivity index (χ1v) is 12.2. The number of pyridine rings is 1. The number of carbonyl (C=O) groups is 1. The summed E-state index contributed by atoms with van der Waals surface area (Å²) in [6.07, 6.45) is 6.15. The molecule has 11 heteroatoms. The zero-order valence-electron chi connectivity index (χ0n) is 19.8. The number of nitrogens with two attached hydrogens (primary N) is 2. The van der Waals surface area contributed by atoms with Crippen LogP contribution < -0.4 is 26.9 Å². The molecule has 1 fully saturated rings. The smallest absolute Gasteiger partial charge is 0.319 e. The number of halogens is 1. The molecule has 35 heavy (non-hydrogen) atoms. The molecule has 1 saturated carbocycles. The second-order valence-corrected chi connectivity index (χ2v) is 9.79. The highest BCUT2D eigenvalue weighted by molar-refractivity contribution is 7.20. The molecule has 4 rings (SSSR count). The normalized spacial score (nSPS) is 13.8. The Morgan fingerprint density at radius 1 is 1.26 bits per heavy atom. The Labute approximate surface area is 207 Å². The lowest BCUT2D eigenvalue weighted by atomic mass is 10.3. The number of ether oxygens (including phenoxy) is 1. The highest BCUT2D eigenvalue weighted by Gasteiger charge is 2.23. The quantitative estimate of drug-likeness (QED) is 0.247. The van der Waals surface area contributed by atoms with Gasteiger partial charge in [0.1, 0.15) is 5.75 Å². The molecule has 0 unspecified atom stereocenters. The van der Waals surface area contributed by atoms with Crippen molar-refractivity contribution in [3.8, 4) is 11.5 Å². The molecule has 9 nitrogen and oxygen atoms in total. The molecule has 0 saturated heterocycles. The minimum absolute atomic E-state index is 0.0399. The van der Waals surface area contributed by atoms with E-state index in [9.17, 15) is 9.18 Å². The third-order valence-electron chi connectivity index (χ3n) is 5.31. The maximum atomic E-state index is 14.7. The number of hydrogen-bond donors (Lipinski definition) is 4. The Bertz CT molecular complexity index is 1230. The van der Waals surface area contributed by atoms with E-state index in [0.717, 1.165) is 35.4 Å². The second kappa shape index (κ2) is 10.9. The van der Waals surface area contributed by atoms with Crippen LogP contribution in [0.5, 0.6) is 11.5 Å². The Kier molecular flexibility index (Phi) is 7.69. The van der Waals surface area contributed by atoms with Crippen molar-refractivity contribution in [2.24, 2.45) is 11.6 Å². The van der Waals surface area contributed by atoms with Crippen molar-refractivity contribution in [2.75, 3.05) is 32.5 Å². The van der Waals surface area contributed by atoms with Crippen LogP contribution in [-0.2, 0) is 0 Å². The summed E-state index contributed by atoms with van der Waals surface area (Å²) in [4.78, 5) is 19.2. The second-order valence-electron chi connectivity index (χ2n) is 8.73. The van der Waals surface area contributed by atoms with Crippen LogP contribution >= 0.6 is 11.3 Å². The standard InChI is InChI=1S/C24H30FN7O2S/c1-31(2)10-3-11-32(27)14-18(26)22-13-19-23(35-22)21(8-9-28-19)34-20-7-6-16(12-17(20)25)30-24(33)29-15-4-5-15/h6-9,12-15H,3-5,10-11,26-27H2,1-2H3,(H2,29,30,33)/b18-14-. The fourth-order valence-corrected chi connectivity index (χ4v) is 4.36. The molecule has 0 bridgehead atoms. The molecule has 2 heterocycles. The summed E-state index contributed by atoms with van der Waals surface area (Å²) in [6, 6.07) is 7.70. The molecule has 1 aromatic carbocycles. The van der Waals surface area contributed by atoms with Gasteiger partial charge < -0.3 is 31.0 Å². The summed E-state index contributed by atoms with van der Waals surface area (Å²) >= 11 is 1.39. The number of urea groups is 1. The molecule has 2 amide bonds. The number of aromatic nitrogens is 1. The molecule has 0 radical (unpaired) electrons. The highest BCUT2D eigenvalue weighted by atomic mass is 32.1. The van der Waals surface area contributed by atoms with Crippen LogP contribution in [0.3, 0.4) is 0 Å². The van der Waals surface area contributed by atoms with E-state index in [4.69, 9.17) is 16.3 Å². The van der Waals surface area contributed by atoms with E-state index in [1.54, 1.807) is 29.5 Å². The van der Waals surface area contributed by atoms with Crippen molar-refractivity contribution >= 4 is 39.0 Å². The van der Waals surface area contributed by atoms with Crippen molar-refractivity contribution in [1.82, 2.24) is 20.2 Å². The van der Waals surface area contributed by atoms with Crippen LogP contribution in [0.4, 0.5) is 14.9 Å². The number of benzene rings is 1. The summed E-state index contributed by atoms with van der Waals surface area (Å²) in [6.45, 7) is 1.60. The molecule has 0 atom stereocenters. The van der Waals surface area contributed by atoms with E-state index in [1.807, 2.05) is 20.2 Å². The van der Waals surface area contributed by atoms with Gasteiger partial charge in [-0.3, -0.25) is 4.98 Å². The van der Waals surface area contributed by atoms with Crippen molar-refractivity contribution < 1.29 is 13.9 Å². The zero-order valence-corrected chi connectivity index (χ0v) is 20.6. The van der Waals surface area contributed by atoms with Gasteiger partial charge in [0.2, 0.25) is 0 Å². The van der Waals surface area contributed by atoms with Gasteiger partial charge in [-0.1, -0.05) is 0 Å². The molecule has 0 spiro atoms. The number of anilines is 1. The van der Waals surface area contributed by atoms with E-state index < -0.39 is 5.82 Å². The average Bonchev–Trinajstić information content (AvgIpc) is 3.48. The molecule has 6 N–H and O–H groups in total. The maximum absolute atomic E-state index is 14.7. The first kappa shape index (κ1) is 24.7. The average molecular weight is 500 g/mol. The number of fused-ring (bicyclic) bond motifs is 1. The van der Waals surface area contributed by atoms with E-state index in [0.29, 0.717) is 29.2 Å². The number of nitrogens with zero attached hydrogens (tertiary/aromatic N) is 3. The number of rotatable bonds is 10. The van der Waals surface area contributed by atoms with Gasteiger partial charge >= 0.3 is 6.03 Å². The summed E-state index contributed by atoms with van der Waals surface area (Å²) in [5.74, 6) is 5.97. The molecule has 2 aromatic heterocycles. The van der Waals surface area contributed by atoms with Crippen LogP contribution in [-0.4, -0.2) is 54.2 Å². The van der Waals surface area contributed by atoms with Crippen molar-refractivity contribution in [3.05, 3.63) is 53.4 Å². The van der Waals surface area contributed by atoms with Crippen molar-refractivity contribution in [3.63, 3.8) is 0 Å². The van der Waals surface area contributed by atoms with Gasteiger partial charge in [-0.25, -0.2) is 15.0 Å². The Morgan fingerprint density at radius 2 is 2.06 bits per heavy atom. The van der Waals surface area contributed by atoms with Crippen LogP contribution in [0.25, 0.3) is 15.9 Å². The lowest BCUT2D eigenvalue weighted by Crippen LogP contribution is -2.30. The van der Waals surface area contributed by atoms with Crippen molar-refractivity contribution in [1.29, 1.82) is 0 Å². The van der Waals surface area contributed by atoms with Crippen LogP contribution in [0.1, 0.15) is 24.1 Å².